The highest BCUT2D eigenvalue weighted by Gasteiger charge is 2.39. The third kappa shape index (κ3) is 5.89. The molecular weight excluding hydrogens is 511 g/mol. The number of urea groups is 1. The SMILES string of the molecule is C=CCN1C(=O)NC(c2cccc(F)c2)C(C(=O)OCC)=C1CN1CCN(C(=O)c2ccccc2Cl)CC1. The molecular formula is C28H30ClFN4O4. The molecule has 2 heterocycles. The van der Waals surface area contributed by atoms with E-state index in [1.54, 1.807) is 48.2 Å². The number of halogens is 2. The molecule has 1 atom stereocenters. The van der Waals surface area contributed by atoms with E-state index in [0.717, 1.165) is 0 Å². The van der Waals surface area contributed by atoms with Crippen molar-refractivity contribution >= 4 is 29.5 Å². The van der Waals surface area contributed by atoms with Crippen LogP contribution in [0.5, 0.6) is 0 Å². The van der Waals surface area contributed by atoms with Crippen LogP contribution in [0.1, 0.15) is 28.9 Å². The van der Waals surface area contributed by atoms with Crippen LogP contribution in [0, 0.1) is 5.82 Å². The fraction of sp³-hybridized carbons (Fsp3) is 0.321. The van der Waals surface area contributed by atoms with Crippen LogP contribution >= 0.6 is 11.6 Å². The van der Waals surface area contributed by atoms with Crippen molar-refractivity contribution in [2.24, 2.45) is 0 Å². The van der Waals surface area contributed by atoms with Gasteiger partial charge < -0.3 is 15.0 Å². The predicted octanol–water partition coefficient (Wildman–Crippen LogP) is 4.01. The van der Waals surface area contributed by atoms with Crippen molar-refractivity contribution in [3.05, 3.63) is 94.4 Å². The number of piperazine rings is 1. The molecule has 0 saturated carbocycles. The highest BCUT2D eigenvalue weighted by atomic mass is 35.5. The van der Waals surface area contributed by atoms with Gasteiger partial charge in [0.25, 0.3) is 5.91 Å². The van der Waals surface area contributed by atoms with Gasteiger partial charge in [-0.2, -0.15) is 0 Å². The molecule has 200 valence electrons. The van der Waals surface area contributed by atoms with Gasteiger partial charge in [-0.1, -0.05) is 41.9 Å². The number of rotatable bonds is 8. The number of carbonyl (C=O) groups excluding carboxylic acids is 3. The molecule has 8 nitrogen and oxygen atoms in total. The van der Waals surface area contributed by atoms with Crippen molar-refractivity contribution in [2.45, 2.75) is 13.0 Å². The number of ether oxygens (including phenoxy) is 1. The van der Waals surface area contributed by atoms with Crippen LogP contribution in [0.2, 0.25) is 5.02 Å². The number of nitrogens with zero attached hydrogens (tertiary/aromatic N) is 3. The first-order chi connectivity index (χ1) is 18.3. The average molecular weight is 541 g/mol. The van der Waals surface area contributed by atoms with Gasteiger partial charge in [0, 0.05) is 45.0 Å². The lowest BCUT2D eigenvalue weighted by Crippen LogP contribution is -2.54. The van der Waals surface area contributed by atoms with Gasteiger partial charge in [0.2, 0.25) is 0 Å². The minimum atomic E-state index is -0.878. The summed E-state index contributed by atoms with van der Waals surface area (Å²) in [5, 5.41) is 3.23. The Bertz CT molecular complexity index is 1260. The second-order valence-electron chi connectivity index (χ2n) is 8.97. The summed E-state index contributed by atoms with van der Waals surface area (Å²) in [6.07, 6.45) is 1.57. The van der Waals surface area contributed by atoms with Crippen LogP contribution < -0.4 is 5.32 Å². The molecule has 0 aliphatic carbocycles. The molecule has 0 spiro atoms. The second kappa shape index (κ2) is 12.2. The van der Waals surface area contributed by atoms with Crippen molar-refractivity contribution in [2.75, 3.05) is 45.9 Å². The molecule has 1 N–H and O–H groups in total. The van der Waals surface area contributed by atoms with Gasteiger partial charge in [-0.15, -0.1) is 6.58 Å². The smallest absolute Gasteiger partial charge is 0.338 e. The molecule has 4 rings (SSSR count). The molecule has 1 fully saturated rings. The zero-order valence-electron chi connectivity index (χ0n) is 21.2. The Balaban J connectivity index is 1.62. The van der Waals surface area contributed by atoms with Gasteiger partial charge in [-0.25, -0.2) is 14.0 Å². The Morgan fingerprint density at radius 3 is 2.55 bits per heavy atom. The topological polar surface area (TPSA) is 82.2 Å². The third-order valence-electron chi connectivity index (χ3n) is 6.56. The monoisotopic (exact) mass is 540 g/mol. The van der Waals surface area contributed by atoms with Gasteiger partial charge in [-0.3, -0.25) is 14.6 Å². The number of hydrogen-bond donors (Lipinski definition) is 1. The van der Waals surface area contributed by atoms with Crippen molar-refractivity contribution in [3.63, 3.8) is 0 Å². The quantitative estimate of drug-likeness (QED) is 0.404. The Labute approximate surface area is 226 Å². The number of hydrogen-bond acceptors (Lipinski definition) is 5. The molecule has 2 aliphatic heterocycles. The van der Waals surface area contributed by atoms with Crippen LogP contribution in [0.4, 0.5) is 9.18 Å². The van der Waals surface area contributed by atoms with E-state index in [2.05, 4.69) is 16.8 Å². The molecule has 2 aromatic rings. The summed E-state index contributed by atoms with van der Waals surface area (Å²) in [7, 11) is 0. The molecule has 38 heavy (non-hydrogen) atoms. The lowest BCUT2D eigenvalue weighted by atomic mass is 9.94. The van der Waals surface area contributed by atoms with Gasteiger partial charge in [0.1, 0.15) is 5.82 Å². The van der Waals surface area contributed by atoms with Gasteiger partial charge >= 0.3 is 12.0 Å². The molecule has 10 heteroatoms. The number of nitrogens with one attached hydrogen (secondary N) is 1. The summed E-state index contributed by atoms with van der Waals surface area (Å²) in [6.45, 7) is 7.97. The lowest BCUT2D eigenvalue weighted by molar-refractivity contribution is -0.139. The van der Waals surface area contributed by atoms with E-state index < -0.39 is 23.9 Å². The van der Waals surface area contributed by atoms with Gasteiger partial charge in [0.15, 0.2) is 0 Å². The standard InChI is InChI=1S/C28H30ClFN4O4/c1-3-12-34-23(18-32-13-15-33(16-14-32)26(35)21-10-5-6-11-22(21)29)24(27(36)38-4-2)25(31-28(34)37)19-8-7-9-20(30)17-19/h3,5-11,17,25H,1,4,12-16,18H2,2H3,(H,31,37). The first kappa shape index (κ1) is 27.3. The van der Waals surface area contributed by atoms with E-state index in [4.69, 9.17) is 16.3 Å². The number of esters is 1. The summed E-state index contributed by atoms with van der Waals surface area (Å²) in [6, 6.07) is 11.4. The number of carbonyl (C=O) groups is 3. The van der Waals surface area contributed by atoms with E-state index >= 15 is 0 Å². The van der Waals surface area contributed by atoms with E-state index in [-0.39, 0.29) is 31.2 Å². The van der Waals surface area contributed by atoms with Crippen LogP contribution in [-0.2, 0) is 9.53 Å². The third-order valence-corrected chi connectivity index (χ3v) is 6.89. The minimum Gasteiger partial charge on any atom is -0.463 e. The van der Waals surface area contributed by atoms with Crippen molar-refractivity contribution in [1.29, 1.82) is 0 Å². The van der Waals surface area contributed by atoms with Crippen molar-refractivity contribution < 1.29 is 23.5 Å². The highest BCUT2D eigenvalue weighted by Crippen LogP contribution is 2.32. The van der Waals surface area contributed by atoms with Crippen molar-refractivity contribution in [3.8, 4) is 0 Å². The summed E-state index contributed by atoms with van der Waals surface area (Å²) in [5.41, 5.74) is 1.60. The first-order valence-electron chi connectivity index (χ1n) is 12.4. The Hall–Kier alpha value is -3.69. The zero-order valence-corrected chi connectivity index (χ0v) is 21.9. The Morgan fingerprint density at radius 1 is 1.16 bits per heavy atom. The fourth-order valence-electron chi connectivity index (χ4n) is 4.71. The molecule has 0 bridgehead atoms. The predicted molar refractivity (Wildman–Crippen MR) is 142 cm³/mol. The van der Waals surface area contributed by atoms with Crippen molar-refractivity contribution in [1.82, 2.24) is 20.0 Å². The molecule has 0 radical (unpaired) electrons. The Kier molecular flexibility index (Phi) is 8.81. The lowest BCUT2D eigenvalue weighted by Gasteiger charge is -2.40. The normalized spacial score (nSPS) is 18.3. The maximum atomic E-state index is 14.1. The number of benzene rings is 2. The average Bonchev–Trinajstić information content (AvgIpc) is 2.91. The number of amides is 3. The fourth-order valence-corrected chi connectivity index (χ4v) is 4.92. The minimum absolute atomic E-state index is 0.141. The zero-order chi connectivity index (χ0) is 27.2. The molecule has 1 unspecified atom stereocenters. The van der Waals surface area contributed by atoms with E-state index in [1.807, 2.05) is 0 Å². The molecule has 0 aromatic heterocycles. The van der Waals surface area contributed by atoms with Crippen LogP contribution in [0.15, 0.2) is 72.5 Å². The highest BCUT2D eigenvalue weighted by molar-refractivity contribution is 6.33. The molecule has 2 aliphatic rings. The maximum Gasteiger partial charge on any atom is 0.338 e. The summed E-state index contributed by atoms with van der Waals surface area (Å²) in [5.74, 6) is -1.20. The van der Waals surface area contributed by atoms with Crippen LogP contribution in [-0.4, -0.2) is 78.5 Å². The largest absolute Gasteiger partial charge is 0.463 e. The van der Waals surface area contributed by atoms with Gasteiger partial charge in [-0.05, 0) is 36.8 Å². The molecule has 2 aromatic carbocycles. The summed E-state index contributed by atoms with van der Waals surface area (Å²) in [4.78, 5) is 44.7. The summed E-state index contributed by atoms with van der Waals surface area (Å²) < 4.78 is 19.5. The second-order valence-corrected chi connectivity index (χ2v) is 9.37. The maximum absolute atomic E-state index is 14.1. The van der Waals surface area contributed by atoms with Gasteiger partial charge in [0.05, 0.1) is 28.8 Å². The van der Waals surface area contributed by atoms with E-state index in [1.165, 1.54) is 23.1 Å². The van der Waals surface area contributed by atoms with E-state index in [9.17, 15) is 18.8 Å². The first-order valence-corrected chi connectivity index (χ1v) is 12.8. The Morgan fingerprint density at radius 2 is 1.89 bits per heavy atom. The van der Waals surface area contributed by atoms with Crippen LogP contribution in [0.25, 0.3) is 0 Å². The summed E-state index contributed by atoms with van der Waals surface area (Å²) >= 11 is 6.22. The van der Waals surface area contributed by atoms with Crippen LogP contribution in [0.3, 0.4) is 0 Å². The molecule has 1 saturated heterocycles. The molecule has 3 amide bonds. The van der Waals surface area contributed by atoms with E-state index in [0.29, 0.717) is 48.0 Å².